The van der Waals surface area contributed by atoms with Crippen molar-refractivity contribution in [3.8, 4) is 0 Å². The number of piperidine rings is 1. The summed E-state index contributed by atoms with van der Waals surface area (Å²) in [7, 11) is 1.36. The number of aromatic nitrogens is 1. The maximum Gasteiger partial charge on any atom is 0.337 e. The van der Waals surface area contributed by atoms with E-state index in [9.17, 15) is 9.59 Å². The first-order valence-electron chi connectivity index (χ1n) is 8.25. The minimum absolute atomic E-state index is 0.0500. The van der Waals surface area contributed by atoms with E-state index < -0.39 is 0 Å². The maximum atomic E-state index is 12.7. The molecule has 0 bridgehead atoms. The molecule has 0 N–H and O–H groups in total. The van der Waals surface area contributed by atoms with Crippen molar-refractivity contribution in [1.82, 2.24) is 9.88 Å². The monoisotopic (exact) mass is 336 g/mol. The standard InChI is InChI=1S/C20H20N2O3/c1-25-20(24)16-9-7-15(8-10-16)14-22-12-4-5-17(19(22)23)13-18-6-2-3-11-21-18/h2-3,6-11,13H,4-5,12,14H2,1H3/b17-13+. The van der Waals surface area contributed by atoms with Crippen molar-refractivity contribution in [3.05, 3.63) is 71.1 Å². The van der Waals surface area contributed by atoms with Crippen LogP contribution in [0.15, 0.2) is 54.2 Å². The van der Waals surface area contributed by atoms with E-state index in [1.165, 1.54) is 7.11 Å². The lowest BCUT2D eigenvalue weighted by atomic mass is 10.0. The topological polar surface area (TPSA) is 59.5 Å². The summed E-state index contributed by atoms with van der Waals surface area (Å²) in [5.41, 5.74) is 3.08. The van der Waals surface area contributed by atoms with Gasteiger partial charge in [0.15, 0.2) is 0 Å². The predicted octanol–water partition coefficient (Wildman–Crippen LogP) is 3.07. The van der Waals surface area contributed by atoms with Crippen LogP contribution in [0.4, 0.5) is 0 Å². The molecule has 2 heterocycles. The van der Waals surface area contributed by atoms with Crippen molar-refractivity contribution in [2.45, 2.75) is 19.4 Å². The van der Waals surface area contributed by atoms with E-state index in [2.05, 4.69) is 4.98 Å². The number of esters is 1. The van der Waals surface area contributed by atoms with Gasteiger partial charge in [0.2, 0.25) is 5.91 Å². The number of rotatable bonds is 4. The van der Waals surface area contributed by atoms with Crippen molar-refractivity contribution in [3.63, 3.8) is 0 Å². The lowest BCUT2D eigenvalue weighted by Crippen LogP contribution is -2.36. The van der Waals surface area contributed by atoms with Gasteiger partial charge in [-0.25, -0.2) is 4.79 Å². The van der Waals surface area contributed by atoms with E-state index in [-0.39, 0.29) is 11.9 Å². The van der Waals surface area contributed by atoms with Crippen LogP contribution in [0.5, 0.6) is 0 Å². The van der Waals surface area contributed by atoms with Gasteiger partial charge in [-0.15, -0.1) is 0 Å². The third-order valence-corrected chi connectivity index (χ3v) is 4.19. The van der Waals surface area contributed by atoms with Crippen LogP contribution in [0.3, 0.4) is 0 Å². The predicted molar refractivity (Wildman–Crippen MR) is 94.6 cm³/mol. The average molecular weight is 336 g/mol. The van der Waals surface area contributed by atoms with E-state index in [0.29, 0.717) is 12.1 Å². The Bertz CT molecular complexity index is 782. The minimum Gasteiger partial charge on any atom is -0.465 e. The molecule has 1 aliphatic heterocycles. The Morgan fingerprint density at radius 2 is 2.04 bits per heavy atom. The van der Waals surface area contributed by atoms with Crippen molar-refractivity contribution in [1.29, 1.82) is 0 Å². The van der Waals surface area contributed by atoms with Gasteiger partial charge in [0.05, 0.1) is 18.4 Å². The zero-order valence-electron chi connectivity index (χ0n) is 14.1. The second-order valence-electron chi connectivity index (χ2n) is 5.94. The number of benzene rings is 1. The summed E-state index contributed by atoms with van der Waals surface area (Å²) >= 11 is 0. The molecule has 3 rings (SSSR count). The average Bonchev–Trinajstić information content (AvgIpc) is 2.66. The fraction of sp³-hybridized carbons (Fsp3) is 0.250. The first-order chi connectivity index (χ1) is 12.2. The van der Waals surface area contributed by atoms with Crippen LogP contribution in [0.1, 0.15) is 34.5 Å². The number of hydrogen-bond donors (Lipinski definition) is 0. The Kier molecular flexibility index (Phi) is 5.23. The molecule has 0 spiro atoms. The highest BCUT2D eigenvalue weighted by atomic mass is 16.5. The molecule has 1 aromatic carbocycles. The lowest BCUT2D eigenvalue weighted by molar-refractivity contribution is -0.129. The number of nitrogens with zero attached hydrogens (tertiary/aromatic N) is 2. The summed E-state index contributed by atoms with van der Waals surface area (Å²) in [6.07, 6.45) is 5.30. The Balaban J connectivity index is 1.71. The molecular formula is C20H20N2O3. The fourth-order valence-electron chi connectivity index (χ4n) is 2.88. The Morgan fingerprint density at radius 1 is 1.24 bits per heavy atom. The van der Waals surface area contributed by atoms with Crippen LogP contribution >= 0.6 is 0 Å². The molecule has 1 aromatic heterocycles. The summed E-state index contributed by atoms with van der Waals surface area (Å²) in [6.45, 7) is 1.26. The van der Waals surface area contributed by atoms with Gasteiger partial charge in [0, 0.05) is 24.9 Å². The zero-order valence-corrected chi connectivity index (χ0v) is 14.1. The van der Waals surface area contributed by atoms with E-state index >= 15 is 0 Å². The van der Waals surface area contributed by atoms with E-state index in [0.717, 1.165) is 36.2 Å². The minimum atomic E-state index is -0.360. The van der Waals surface area contributed by atoms with Gasteiger partial charge in [-0.1, -0.05) is 18.2 Å². The highest BCUT2D eigenvalue weighted by Gasteiger charge is 2.23. The molecule has 0 unspecified atom stereocenters. The van der Waals surface area contributed by atoms with Crippen molar-refractivity contribution >= 4 is 18.0 Å². The first kappa shape index (κ1) is 16.9. The third kappa shape index (κ3) is 4.12. The summed E-state index contributed by atoms with van der Waals surface area (Å²) < 4.78 is 4.70. The highest BCUT2D eigenvalue weighted by molar-refractivity contribution is 5.98. The van der Waals surface area contributed by atoms with Crippen LogP contribution in [-0.4, -0.2) is 35.4 Å². The molecule has 1 amide bonds. The Labute approximate surface area is 146 Å². The molecule has 0 aliphatic carbocycles. The van der Waals surface area contributed by atoms with Crippen LogP contribution in [0.2, 0.25) is 0 Å². The first-order valence-corrected chi connectivity index (χ1v) is 8.25. The van der Waals surface area contributed by atoms with Crippen molar-refractivity contribution < 1.29 is 14.3 Å². The normalized spacial score (nSPS) is 16.1. The van der Waals surface area contributed by atoms with Crippen LogP contribution in [-0.2, 0) is 16.1 Å². The molecule has 1 fully saturated rings. The molecule has 25 heavy (non-hydrogen) atoms. The Hall–Kier alpha value is -2.95. The van der Waals surface area contributed by atoms with Crippen LogP contribution < -0.4 is 0 Å². The number of likely N-dealkylation sites (tertiary alicyclic amines) is 1. The number of hydrogen-bond acceptors (Lipinski definition) is 4. The molecule has 5 nitrogen and oxygen atoms in total. The molecule has 1 saturated heterocycles. The molecule has 0 radical (unpaired) electrons. The Morgan fingerprint density at radius 3 is 2.72 bits per heavy atom. The van der Waals surface area contributed by atoms with Gasteiger partial charge in [-0.3, -0.25) is 9.78 Å². The quantitative estimate of drug-likeness (QED) is 0.636. The highest BCUT2D eigenvalue weighted by Crippen LogP contribution is 2.21. The molecule has 2 aromatic rings. The van der Waals surface area contributed by atoms with Gasteiger partial charge < -0.3 is 9.64 Å². The molecule has 128 valence electrons. The lowest BCUT2D eigenvalue weighted by Gasteiger charge is -2.28. The SMILES string of the molecule is COC(=O)c1ccc(CN2CCC/C(=C\c3ccccn3)C2=O)cc1. The summed E-state index contributed by atoms with van der Waals surface area (Å²) in [5, 5.41) is 0. The van der Waals surface area contributed by atoms with Gasteiger partial charge in [0.25, 0.3) is 0 Å². The largest absolute Gasteiger partial charge is 0.465 e. The molecule has 0 saturated carbocycles. The van der Waals surface area contributed by atoms with Crippen molar-refractivity contribution in [2.75, 3.05) is 13.7 Å². The van der Waals surface area contributed by atoms with Crippen LogP contribution in [0.25, 0.3) is 6.08 Å². The van der Waals surface area contributed by atoms with Gasteiger partial charge in [-0.2, -0.15) is 0 Å². The van der Waals surface area contributed by atoms with E-state index in [4.69, 9.17) is 4.74 Å². The smallest absolute Gasteiger partial charge is 0.337 e. The van der Waals surface area contributed by atoms with Crippen LogP contribution in [0, 0.1) is 0 Å². The third-order valence-electron chi connectivity index (χ3n) is 4.19. The van der Waals surface area contributed by atoms with Gasteiger partial charge in [0.1, 0.15) is 0 Å². The zero-order chi connectivity index (χ0) is 17.6. The van der Waals surface area contributed by atoms with E-state index in [1.54, 1.807) is 18.3 Å². The number of carbonyl (C=O) groups is 2. The number of ether oxygens (including phenoxy) is 1. The fourth-order valence-corrected chi connectivity index (χ4v) is 2.88. The number of carbonyl (C=O) groups excluding carboxylic acids is 2. The molecular weight excluding hydrogens is 316 g/mol. The summed E-state index contributed by atoms with van der Waals surface area (Å²) in [6, 6.07) is 12.8. The maximum absolute atomic E-state index is 12.7. The summed E-state index contributed by atoms with van der Waals surface area (Å²) in [4.78, 5) is 30.3. The van der Waals surface area contributed by atoms with Crippen molar-refractivity contribution in [2.24, 2.45) is 0 Å². The van der Waals surface area contributed by atoms with Gasteiger partial charge in [-0.05, 0) is 48.7 Å². The molecule has 0 atom stereocenters. The number of methoxy groups -OCH3 is 1. The molecule has 5 heteroatoms. The second-order valence-corrected chi connectivity index (χ2v) is 5.94. The number of amides is 1. The number of pyridine rings is 1. The van der Waals surface area contributed by atoms with E-state index in [1.807, 2.05) is 41.3 Å². The second kappa shape index (κ2) is 7.75. The summed E-state index contributed by atoms with van der Waals surface area (Å²) in [5.74, 6) is -0.310. The molecule has 1 aliphatic rings. The van der Waals surface area contributed by atoms with Gasteiger partial charge >= 0.3 is 5.97 Å².